The van der Waals surface area contributed by atoms with Crippen molar-refractivity contribution >= 4 is 11.8 Å². The summed E-state index contributed by atoms with van der Waals surface area (Å²) in [5.74, 6) is 0.293. The summed E-state index contributed by atoms with van der Waals surface area (Å²) < 4.78 is 51.6. The first kappa shape index (κ1) is 33.1. The molecule has 9 nitrogen and oxygen atoms in total. The number of benzene rings is 4. The van der Waals surface area contributed by atoms with Crippen LogP contribution in [0.2, 0.25) is 0 Å². The topological polar surface area (TPSA) is 129 Å². The van der Waals surface area contributed by atoms with Gasteiger partial charge in [-0.05, 0) is 64.2 Å². The number of amides is 1. The highest BCUT2D eigenvalue weighted by Crippen LogP contribution is 2.44. The Kier molecular flexibility index (Phi) is 10.4. The van der Waals surface area contributed by atoms with E-state index >= 15 is 0 Å². The van der Waals surface area contributed by atoms with Gasteiger partial charge < -0.3 is 19.9 Å². The minimum Gasteiger partial charge on any atom is -0.494 e. The summed E-state index contributed by atoms with van der Waals surface area (Å²) in [6.07, 6.45) is -4.83. The zero-order valence-corrected chi connectivity index (χ0v) is 25.2. The third-order valence-electron chi connectivity index (χ3n) is 7.72. The lowest BCUT2D eigenvalue weighted by molar-refractivity contribution is -0.137. The molecule has 12 heteroatoms. The highest BCUT2D eigenvalue weighted by Gasteiger charge is 2.53. The molecule has 1 amide bonds. The molecule has 2 atom stereocenters. The highest BCUT2D eigenvalue weighted by atomic mass is 19.4. The minimum absolute atomic E-state index is 0.00962. The van der Waals surface area contributed by atoms with E-state index in [1.54, 1.807) is 48.5 Å². The number of carbonyl (C=O) groups is 1. The largest absolute Gasteiger partial charge is 0.494 e. The molecule has 0 unspecified atom stereocenters. The fraction of sp³-hybridized carbons (Fsp3) is 0.257. The number of hydrogen-bond acceptors (Lipinski definition) is 6. The molecule has 242 valence electrons. The molecule has 4 aromatic rings. The maximum atomic E-state index is 14.5. The van der Waals surface area contributed by atoms with E-state index in [0.29, 0.717) is 41.0 Å². The fourth-order valence-electron chi connectivity index (χ4n) is 5.36. The Morgan fingerprint density at radius 3 is 2.36 bits per heavy atom. The van der Waals surface area contributed by atoms with Crippen LogP contribution in [-0.4, -0.2) is 35.7 Å². The number of rotatable bonds is 13. The number of carbonyl (C=O) groups excluding carboxylic acids is 1. The first-order valence-corrected chi connectivity index (χ1v) is 14.9. The summed E-state index contributed by atoms with van der Waals surface area (Å²) in [5.41, 5.74) is 9.80. The predicted octanol–water partition coefficient (Wildman–Crippen LogP) is 7.09. The Balaban J connectivity index is 1.56. The number of aliphatic imine (C=N–C) groups is 1. The predicted molar refractivity (Wildman–Crippen MR) is 169 cm³/mol. The van der Waals surface area contributed by atoms with Crippen LogP contribution in [0.4, 0.5) is 13.2 Å². The molecular formula is C35H32F3N5O4. The molecule has 0 aromatic heterocycles. The van der Waals surface area contributed by atoms with Crippen LogP contribution in [0.25, 0.3) is 10.4 Å². The van der Waals surface area contributed by atoms with Crippen molar-refractivity contribution in [3.8, 4) is 5.75 Å². The molecule has 0 aliphatic carbocycles. The van der Waals surface area contributed by atoms with E-state index in [9.17, 15) is 18.0 Å². The Labute approximate surface area is 269 Å². The molecule has 1 heterocycles. The number of alkyl halides is 3. The lowest BCUT2D eigenvalue weighted by Gasteiger charge is -2.32. The van der Waals surface area contributed by atoms with Crippen molar-refractivity contribution in [2.24, 2.45) is 10.1 Å². The lowest BCUT2D eigenvalue weighted by atomic mass is 9.80. The van der Waals surface area contributed by atoms with Gasteiger partial charge in [-0.1, -0.05) is 71.8 Å². The van der Waals surface area contributed by atoms with Gasteiger partial charge in [-0.3, -0.25) is 4.79 Å². The van der Waals surface area contributed by atoms with Gasteiger partial charge in [0.1, 0.15) is 5.75 Å². The molecule has 0 bridgehead atoms. The van der Waals surface area contributed by atoms with Gasteiger partial charge >= 0.3 is 6.18 Å². The van der Waals surface area contributed by atoms with Gasteiger partial charge in [-0.2, -0.15) is 13.2 Å². The molecule has 0 saturated carbocycles. The molecule has 4 aromatic carbocycles. The van der Waals surface area contributed by atoms with Crippen molar-refractivity contribution in [1.29, 1.82) is 0 Å². The van der Waals surface area contributed by atoms with Crippen LogP contribution in [0.5, 0.6) is 5.75 Å². The van der Waals surface area contributed by atoms with Crippen molar-refractivity contribution in [2.75, 3.05) is 13.2 Å². The summed E-state index contributed by atoms with van der Waals surface area (Å²) in [5, 5.41) is 15.7. The lowest BCUT2D eigenvalue weighted by Crippen LogP contribution is -2.49. The van der Waals surface area contributed by atoms with E-state index in [2.05, 4.69) is 15.3 Å². The minimum atomic E-state index is -4.48. The van der Waals surface area contributed by atoms with Crippen molar-refractivity contribution in [3.63, 3.8) is 0 Å². The van der Waals surface area contributed by atoms with E-state index in [4.69, 9.17) is 25.1 Å². The molecule has 1 aliphatic rings. The van der Waals surface area contributed by atoms with Crippen LogP contribution < -0.4 is 10.1 Å². The van der Waals surface area contributed by atoms with Gasteiger partial charge in [0, 0.05) is 36.5 Å². The molecule has 1 aliphatic heterocycles. The Hall–Kier alpha value is -5.32. The van der Waals surface area contributed by atoms with Gasteiger partial charge in [0.15, 0.2) is 11.6 Å². The first-order valence-electron chi connectivity index (χ1n) is 14.9. The van der Waals surface area contributed by atoms with Crippen molar-refractivity contribution in [2.45, 2.75) is 43.8 Å². The van der Waals surface area contributed by atoms with Gasteiger partial charge in [-0.15, -0.1) is 0 Å². The number of aliphatic hydroxyl groups is 1. The van der Waals surface area contributed by atoms with Crippen LogP contribution in [-0.2, 0) is 35.2 Å². The Morgan fingerprint density at radius 1 is 0.979 bits per heavy atom. The summed E-state index contributed by atoms with van der Waals surface area (Å²) >= 11 is 0. The van der Waals surface area contributed by atoms with Gasteiger partial charge in [0.05, 0.1) is 18.7 Å². The van der Waals surface area contributed by atoms with Crippen LogP contribution in [0.15, 0.2) is 113 Å². The second-order valence-electron chi connectivity index (χ2n) is 10.9. The highest BCUT2D eigenvalue weighted by molar-refractivity contribution is 6.01. The second-order valence-corrected chi connectivity index (χ2v) is 10.9. The average Bonchev–Trinajstić information content (AvgIpc) is 3.47. The molecule has 0 radical (unpaired) electrons. The number of halogens is 3. The Bertz CT molecular complexity index is 1740. The van der Waals surface area contributed by atoms with Crippen molar-refractivity contribution in [3.05, 3.63) is 147 Å². The van der Waals surface area contributed by atoms with E-state index in [-0.39, 0.29) is 32.0 Å². The number of ether oxygens (including phenoxy) is 2. The zero-order valence-electron chi connectivity index (χ0n) is 25.2. The quantitative estimate of drug-likeness (QED) is 0.0697. The smallest absolute Gasteiger partial charge is 0.416 e. The van der Waals surface area contributed by atoms with Gasteiger partial charge in [-0.25, -0.2) is 4.99 Å². The Morgan fingerprint density at radius 2 is 1.68 bits per heavy atom. The zero-order chi connectivity index (χ0) is 33.3. The molecule has 0 saturated heterocycles. The molecule has 47 heavy (non-hydrogen) atoms. The summed E-state index contributed by atoms with van der Waals surface area (Å²) in [7, 11) is 0. The third-order valence-corrected chi connectivity index (χ3v) is 7.72. The monoisotopic (exact) mass is 643 g/mol. The number of aliphatic hydroxyl groups excluding tert-OH is 1. The number of nitrogens with zero attached hydrogens (tertiary/aromatic N) is 4. The molecular weight excluding hydrogens is 611 g/mol. The molecule has 5 rings (SSSR count). The van der Waals surface area contributed by atoms with E-state index in [0.717, 1.165) is 17.7 Å². The average molecular weight is 644 g/mol. The fourth-order valence-corrected chi connectivity index (χ4v) is 5.36. The van der Waals surface area contributed by atoms with Gasteiger partial charge in [0.2, 0.25) is 5.90 Å². The standard InChI is InChI=1S/C35H32F3N5O4/c36-35(37,38)28-15-11-25(12-16-28)22-40-33(45)34(21-24-7-2-1-3-8-24)31(30-10-5-4-9-27(30)23-41-43-39)47-32(42-34)26-13-17-29(18-14-26)46-20-6-19-44/h1-5,7-18,31,44H,6,19-23H2,(H,40,45)/t31-,34-/m1/s1. The maximum Gasteiger partial charge on any atom is 0.416 e. The van der Waals surface area contributed by atoms with E-state index in [1.165, 1.54) is 12.1 Å². The summed E-state index contributed by atoms with van der Waals surface area (Å²) in [4.78, 5) is 22.3. The normalized spacial score (nSPS) is 17.3. The molecule has 2 N–H and O–H groups in total. The van der Waals surface area contributed by atoms with Crippen LogP contribution in [0.3, 0.4) is 0 Å². The number of hydrogen-bond donors (Lipinski definition) is 2. The summed E-state index contributed by atoms with van der Waals surface area (Å²) in [6, 6.07) is 28.1. The SMILES string of the molecule is [N-]=[N+]=NCc1ccccc1[C@H]1OC(c2ccc(OCCCO)cc2)=N[C@@]1(Cc1ccccc1)C(=O)NCc1ccc(C(F)(F)F)cc1. The third kappa shape index (κ3) is 7.92. The number of nitrogens with one attached hydrogen (secondary N) is 1. The maximum absolute atomic E-state index is 14.5. The number of azide groups is 1. The molecule has 0 fully saturated rings. The van der Waals surface area contributed by atoms with Crippen LogP contribution >= 0.6 is 0 Å². The van der Waals surface area contributed by atoms with E-state index < -0.39 is 29.3 Å². The van der Waals surface area contributed by atoms with Crippen LogP contribution in [0, 0.1) is 0 Å². The van der Waals surface area contributed by atoms with Crippen LogP contribution in [0.1, 0.15) is 45.9 Å². The summed E-state index contributed by atoms with van der Waals surface area (Å²) in [6.45, 7) is 0.313. The van der Waals surface area contributed by atoms with Gasteiger partial charge in [0.25, 0.3) is 5.91 Å². The van der Waals surface area contributed by atoms with Crippen molar-refractivity contribution in [1.82, 2.24) is 5.32 Å². The second kappa shape index (κ2) is 14.8. The first-order chi connectivity index (χ1) is 22.7. The molecule has 0 spiro atoms. The van der Waals surface area contributed by atoms with E-state index in [1.807, 2.05) is 30.3 Å². The van der Waals surface area contributed by atoms with Crippen molar-refractivity contribution < 1.29 is 32.5 Å².